The Morgan fingerprint density at radius 1 is 1.37 bits per heavy atom. The van der Waals surface area contributed by atoms with Crippen LogP contribution in [0.2, 0.25) is 0 Å². The molecule has 1 saturated carbocycles. The lowest BCUT2D eigenvalue weighted by atomic mass is 9.79. The van der Waals surface area contributed by atoms with Gasteiger partial charge in [-0.3, -0.25) is 10.1 Å². The molecule has 0 bridgehead atoms. The summed E-state index contributed by atoms with van der Waals surface area (Å²) in [4.78, 5) is 14.0. The molecule has 8 heteroatoms. The van der Waals surface area contributed by atoms with Crippen molar-refractivity contribution in [1.82, 2.24) is 20.2 Å². The number of carbonyl (C=O) groups excluding carboxylic acids is 1. The van der Waals surface area contributed by atoms with Gasteiger partial charge in [0, 0.05) is 0 Å². The molecule has 0 unspecified atom stereocenters. The lowest BCUT2D eigenvalue weighted by molar-refractivity contribution is -0.122. The van der Waals surface area contributed by atoms with Crippen LogP contribution in [0.5, 0.6) is 0 Å². The van der Waals surface area contributed by atoms with Gasteiger partial charge in [-0.25, -0.2) is 0 Å². The molecule has 0 atom stereocenters. The monoisotopic (exact) mass is 282 g/mol. The molecule has 0 aromatic carbocycles. The molecule has 3 N–H and O–H groups in total. The van der Waals surface area contributed by atoms with Crippen LogP contribution in [0, 0.1) is 5.41 Å². The third kappa shape index (κ3) is 2.89. The van der Waals surface area contributed by atoms with Gasteiger partial charge in [0.25, 0.3) is 5.95 Å². The number of anilines is 1. The van der Waals surface area contributed by atoms with Crippen LogP contribution in [-0.2, 0) is 11.8 Å². The van der Waals surface area contributed by atoms with Gasteiger partial charge in [0.05, 0.1) is 17.5 Å². The number of nitrogens with zero attached hydrogens (tertiary/aromatic N) is 4. The minimum absolute atomic E-state index is 0.187. The molecule has 1 fully saturated rings. The van der Waals surface area contributed by atoms with Gasteiger partial charge in [-0.1, -0.05) is 43.0 Å². The van der Waals surface area contributed by atoms with Gasteiger partial charge in [0.2, 0.25) is 5.91 Å². The normalized spacial score (nSPS) is 18.6. The Hall–Kier alpha value is -1.57. The van der Waals surface area contributed by atoms with Crippen LogP contribution in [0.1, 0.15) is 38.5 Å². The number of rotatable bonds is 3. The van der Waals surface area contributed by atoms with Crippen molar-refractivity contribution < 1.29 is 4.79 Å². The quantitative estimate of drug-likeness (QED) is 0.628. The molecule has 2 rings (SSSR count). The Morgan fingerprint density at radius 3 is 2.47 bits per heavy atom. The second-order valence-corrected chi connectivity index (χ2v) is 5.36. The first-order valence-corrected chi connectivity index (χ1v) is 6.81. The molecule has 1 aliphatic carbocycles. The van der Waals surface area contributed by atoms with Crippen molar-refractivity contribution in [3.8, 4) is 0 Å². The number of tetrazole rings is 1. The lowest BCUT2D eigenvalue weighted by Gasteiger charge is -2.29. The third-order valence-corrected chi connectivity index (χ3v) is 3.99. The zero-order chi connectivity index (χ0) is 13.9. The highest BCUT2D eigenvalue weighted by atomic mass is 32.1. The largest absolute Gasteiger partial charge is 0.392 e. The number of carbonyl (C=O) groups is 1. The molecular weight excluding hydrogens is 264 g/mol. The maximum atomic E-state index is 12.5. The van der Waals surface area contributed by atoms with Gasteiger partial charge in [-0.05, 0) is 18.1 Å². The number of aryl methyl sites for hydroxylation is 1. The van der Waals surface area contributed by atoms with E-state index < -0.39 is 5.41 Å². The van der Waals surface area contributed by atoms with E-state index in [4.69, 9.17) is 18.0 Å². The minimum Gasteiger partial charge on any atom is -0.392 e. The summed E-state index contributed by atoms with van der Waals surface area (Å²) < 4.78 is 0. The zero-order valence-electron chi connectivity index (χ0n) is 10.9. The van der Waals surface area contributed by atoms with Crippen molar-refractivity contribution in [2.75, 3.05) is 5.32 Å². The second kappa shape index (κ2) is 5.60. The summed E-state index contributed by atoms with van der Waals surface area (Å²) in [6.07, 6.45) is 5.52. The van der Waals surface area contributed by atoms with Gasteiger partial charge in [0.15, 0.2) is 0 Å². The maximum absolute atomic E-state index is 12.5. The summed E-state index contributed by atoms with van der Waals surface area (Å²) in [5, 5.41) is 14.0. The number of thiocarbonyl (C=S) groups is 1. The predicted molar refractivity (Wildman–Crippen MR) is 74.3 cm³/mol. The van der Waals surface area contributed by atoms with Gasteiger partial charge >= 0.3 is 0 Å². The minimum atomic E-state index is -0.773. The van der Waals surface area contributed by atoms with Crippen LogP contribution in [-0.4, -0.2) is 31.1 Å². The number of amides is 1. The first-order chi connectivity index (χ1) is 9.04. The lowest BCUT2D eigenvalue weighted by Crippen LogP contribution is -2.45. The second-order valence-electron chi connectivity index (χ2n) is 4.92. The summed E-state index contributed by atoms with van der Waals surface area (Å²) in [7, 11) is 1.64. The van der Waals surface area contributed by atoms with Crippen molar-refractivity contribution >= 4 is 29.1 Å². The van der Waals surface area contributed by atoms with Crippen LogP contribution in [0.3, 0.4) is 0 Å². The Bertz CT molecular complexity index is 477. The van der Waals surface area contributed by atoms with E-state index in [1.165, 1.54) is 4.80 Å². The third-order valence-electron chi connectivity index (χ3n) is 3.60. The molecule has 0 aliphatic heterocycles. The smallest absolute Gasteiger partial charge is 0.270 e. The fourth-order valence-electron chi connectivity index (χ4n) is 2.47. The highest BCUT2D eigenvalue weighted by Gasteiger charge is 2.41. The van der Waals surface area contributed by atoms with E-state index >= 15 is 0 Å². The number of nitrogens with one attached hydrogen (secondary N) is 1. The number of nitrogens with two attached hydrogens (primary N) is 1. The first-order valence-electron chi connectivity index (χ1n) is 6.40. The standard InChI is InChI=1S/C11H18N6OS/c1-17-15-10(14-16-17)13-9(18)11(8(12)19)6-4-2-3-5-7-11/h2-7H2,1H3,(H2,12,19)(H,13,15,18). The maximum Gasteiger partial charge on any atom is 0.270 e. The van der Waals surface area contributed by atoms with Gasteiger partial charge in [-0.15, -0.1) is 5.10 Å². The Balaban J connectivity index is 2.18. The van der Waals surface area contributed by atoms with E-state index in [1.54, 1.807) is 7.05 Å². The number of aromatic nitrogens is 4. The summed E-state index contributed by atoms with van der Waals surface area (Å²) in [5.74, 6) is -0.0257. The van der Waals surface area contributed by atoms with Crippen LogP contribution in [0.15, 0.2) is 0 Å². The first kappa shape index (κ1) is 13.9. The molecule has 1 amide bonds. The molecule has 1 aromatic rings. The molecule has 104 valence electrons. The molecule has 19 heavy (non-hydrogen) atoms. The van der Waals surface area contributed by atoms with Crippen molar-refractivity contribution in [3.63, 3.8) is 0 Å². The molecule has 1 aromatic heterocycles. The Labute approximate surface area is 116 Å². The van der Waals surface area contributed by atoms with Gasteiger partial charge < -0.3 is 5.73 Å². The van der Waals surface area contributed by atoms with Gasteiger partial charge in [0.1, 0.15) is 0 Å². The van der Waals surface area contributed by atoms with Crippen LogP contribution in [0.25, 0.3) is 0 Å². The van der Waals surface area contributed by atoms with Crippen LogP contribution < -0.4 is 11.1 Å². The van der Waals surface area contributed by atoms with Crippen molar-refractivity contribution in [2.45, 2.75) is 38.5 Å². The molecular formula is C11H18N6OS. The summed E-state index contributed by atoms with van der Waals surface area (Å²) in [6.45, 7) is 0. The van der Waals surface area contributed by atoms with E-state index in [0.717, 1.165) is 25.7 Å². The van der Waals surface area contributed by atoms with Crippen LogP contribution >= 0.6 is 12.2 Å². The molecule has 7 nitrogen and oxygen atoms in total. The van der Waals surface area contributed by atoms with E-state index in [0.29, 0.717) is 12.8 Å². The average Bonchev–Trinajstić information content (AvgIpc) is 2.65. The van der Waals surface area contributed by atoms with E-state index in [-0.39, 0.29) is 16.8 Å². The summed E-state index contributed by atoms with van der Waals surface area (Å²) >= 11 is 5.14. The highest BCUT2D eigenvalue weighted by molar-refractivity contribution is 7.80. The van der Waals surface area contributed by atoms with E-state index in [2.05, 4.69) is 20.7 Å². The molecule has 1 aliphatic rings. The van der Waals surface area contributed by atoms with E-state index in [1.807, 2.05) is 0 Å². The van der Waals surface area contributed by atoms with E-state index in [9.17, 15) is 4.79 Å². The van der Waals surface area contributed by atoms with Crippen molar-refractivity contribution in [3.05, 3.63) is 0 Å². The average molecular weight is 282 g/mol. The zero-order valence-corrected chi connectivity index (χ0v) is 11.7. The highest BCUT2D eigenvalue weighted by Crippen LogP contribution is 2.36. The molecule has 0 saturated heterocycles. The van der Waals surface area contributed by atoms with Crippen LogP contribution in [0.4, 0.5) is 5.95 Å². The Morgan fingerprint density at radius 2 is 2.00 bits per heavy atom. The summed E-state index contributed by atoms with van der Waals surface area (Å²) in [5.41, 5.74) is 5.07. The fourth-order valence-corrected chi connectivity index (χ4v) is 2.77. The van der Waals surface area contributed by atoms with Gasteiger partial charge in [-0.2, -0.15) is 4.80 Å². The predicted octanol–water partition coefficient (Wildman–Crippen LogP) is 0.775. The molecule has 1 heterocycles. The fraction of sp³-hybridized carbons (Fsp3) is 0.727. The Kier molecular flexibility index (Phi) is 4.08. The molecule has 0 spiro atoms. The molecule has 0 radical (unpaired) electrons. The SMILES string of the molecule is Cn1nnc(NC(=O)C2(C(N)=S)CCCCCC2)n1. The topological polar surface area (TPSA) is 98.7 Å². The summed E-state index contributed by atoms with van der Waals surface area (Å²) in [6, 6.07) is 0. The van der Waals surface area contributed by atoms with Crippen molar-refractivity contribution in [1.29, 1.82) is 0 Å². The van der Waals surface area contributed by atoms with Crippen molar-refractivity contribution in [2.24, 2.45) is 18.2 Å². The number of hydrogen-bond donors (Lipinski definition) is 2. The number of hydrogen-bond acceptors (Lipinski definition) is 5.